The van der Waals surface area contributed by atoms with E-state index in [0.29, 0.717) is 0 Å². The van der Waals surface area contributed by atoms with Crippen LogP contribution in [0.15, 0.2) is 51.6 Å². The number of aryl methyl sites for hydroxylation is 1. The highest BCUT2D eigenvalue weighted by atomic mass is 79.9. The fourth-order valence-corrected chi connectivity index (χ4v) is 4.76. The molecule has 1 amide bonds. The van der Waals surface area contributed by atoms with Crippen LogP contribution in [0.5, 0.6) is 5.75 Å². The van der Waals surface area contributed by atoms with Gasteiger partial charge in [-0.3, -0.25) is 4.79 Å². The molecule has 0 saturated carbocycles. The van der Waals surface area contributed by atoms with E-state index in [1.54, 1.807) is 19.4 Å². The number of allylic oxidation sites excluding steroid dienone is 1. The van der Waals surface area contributed by atoms with Gasteiger partial charge in [0, 0.05) is 45.2 Å². The van der Waals surface area contributed by atoms with Gasteiger partial charge < -0.3 is 14.1 Å². The number of likely N-dealkylation sites (tertiary alicyclic amines) is 1. The maximum Gasteiger partial charge on any atom is 0.247 e. The Hall–Kier alpha value is -2.53. The number of halogens is 1. The average Bonchev–Trinajstić information content (AvgIpc) is 3.18. The van der Waals surface area contributed by atoms with E-state index in [9.17, 15) is 4.79 Å². The number of furan rings is 1. The highest BCUT2D eigenvalue weighted by Gasteiger charge is 2.23. The fourth-order valence-electron chi connectivity index (χ4n) is 4.50. The molecule has 0 N–H and O–H groups in total. The number of hydrogen-bond donors (Lipinski definition) is 0. The number of hydrogen-bond acceptors (Lipinski definition) is 3. The van der Waals surface area contributed by atoms with Crippen molar-refractivity contribution in [2.75, 3.05) is 13.7 Å². The van der Waals surface area contributed by atoms with Crippen molar-refractivity contribution >= 4 is 38.4 Å². The van der Waals surface area contributed by atoms with Gasteiger partial charge >= 0.3 is 0 Å². The quantitative estimate of drug-likeness (QED) is 0.377. The molecule has 162 valence electrons. The van der Waals surface area contributed by atoms with Gasteiger partial charge in [0.2, 0.25) is 5.91 Å². The number of ether oxygens (including phenoxy) is 1. The molecule has 0 aliphatic carbocycles. The standard InChI is InChI=1S/C26H28BrNO3/c1-16(13-24(29)28-12-6-5-7-17(28)2)21-14-22-23(19-8-10-20(27)11-9-19)15-31-26(22)18(3)25(21)30-4/h8-11,13-15,17H,5-7,12H2,1-4H3/b16-13+. The fraction of sp³-hybridized carbons (Fsp3) is 0.346. The maximum atomic E-state index is 13.0. The molecule has 1 aliphatic rings. The summed E-state index contributed by atoms with van der Waals surface area (Å²) >= 11 is 3.50. The lowest BCUT2D eigenvalue weighted by molar-refractivity contribution is -0.129. The molecule has 1 saturated heterocycles. The van der Waals surface area contributed by atoms with Crippen LogP contribution in [0.2, 0.25) is 0 Å². The van der Waals surface area contributed by atoms with E-state index in [2.05, 4.69) is 41.1 Å². The zero-order chi connectivity index (χ0) is 22.1. The molecule has 0 bridgehead atoms. The molecule has 4 rings (SSSR count). The molecule has 2 aromatic carbocycles. The van der Waals surface area contributed by atoms with Crippen LogP contribution in [-0.4, -0.2) is 30.5 Å². The number of piperidine rings is 1. The van der Waals surface area contributed by atoms with E-state index in [0.717, 1.165) is 68.4 Å². The third kappa shape index (κ3) is 4.16. The van der Waals surface area contributed by atoms with Gasteiger partial charge in [-0.25, -0.2) is 0 Å². The van der Waals surface area contributed by atoms with Gasteiger partial charge in [0.15, 0.2) is 0 Å². The summed E-state index contributed by atoms with van der Waals surface area (Å²) in [5, 5.41) is 1.02. The number of nitrogens with zero attached hydrogens (tertiary/aromatic N) is 1. The highest BCUT2D eigenvalue weighted by Crippen LogP contribution is 2.40. The highest BCUT2D eigenvalue weighted by molar-refractivity contribution is 9.10. The van der Waals surface area contributed by atoms with E-state index >= 15 is 0 Å². The van der Waals surface area contributed by atoms with Gasteiger partial charge in [-0.2, -0.15) is 0 Å². The van der Waals surface area contributed by atoms with Gasteiger partial charge in [-0.15, -0.1) is 0 Å². The molecule has 2 heterocycles. The minimum absolute atomic E-state index is 0.0739. The topological polar surface area (TPSA) is 42.7 Å². The van der Waals surface area contributed by atoms with Crippen LogP contribution >= 0.6 is 15.9 Å². The number of methoxy groups -OCH3 is 1. The Bertz CT molecular complexity index is 1140. The SMILES string of the molecule is COc1c(/C(C)=C/C(=O)N2CCCCC2C)cc2c(-c3ccc(Br)cc3)coc2c1C. The smallest absolute Gasteiger partial charge is 0.247 e. The summed E-state index contributed by atoms with van der Waals surface area (Å²) in [4.78, 5) is 15.0. The first-order valence-corrected chi connectivity index (χ1v) is 11.5. The van der Waals surface area contributed by atoms with Crippen molar-refractivity contribution in [2.45, 2.75) is 46.1 Å². The zero-order valence-electron chi connectivity index (χ0n) is 18.5. The van der Waals surface area contributed by atoms with Gasteiger partial charge in [0.1, 0.15) is 11.3 Å². The molecule has 0 radical (unpaired) electrons. The lowest BCUT2D eigenvalue weighted by Gasteiger charge is -2.32. The van der Waals surface area contributed by atoms with E-state index in [1.807, 2.05) is 30.9 Å². The van der Waals surface area contributed by atoms with E-state index in [4.69, 9.17) is 9.15 Å². The average molecular weight is 482 g/mol. The first-order chi connectivity index (χ1) is 14.9. The predicted octanol–water partition coefficient (Wildman–Crippen LogP) is 6.98. The minimum atomic E-state index is 0.0739. The monoisotopic (exact) mass is 481 g/mol. The Balaban J connectivity index is 1.80. The van der Waals surface area contributed by atoms with Gasteiger partial charge in [0.25, 0.3) is 0 Å². The van der Waals surface area contributed by atoms with Gasteiger partial charge in [-0.1, -0.05) is 28.1 Å². The van der Waals surface area contributed by atoms with Crippen molar-refractivity contribution in [3.05, 3.63) is 58.3 Å². The number of fused-ring (bicyclic) bond motifs is 1. The summed E-state index contributed by atoms with van der Waals surface area (Å²) in [6.45, 7) is 6.94. The van der Waals surface area contributed by atoms with Crippen LogP contribution in [0.4, 0.5) is 0 Å². The Morgan fingerprint density at radius 1 is 1.26 bits per heavy atom. The molecule has 4 nitrogen and oxygen atoms in total. The Labute approximate surface area is 192 Å². The van der Waals surface area contributed by atoms with Crippen molar-refractivity contribution in [1.82, 2.24) is 4.90 Å². The van der Waals surface area contributed by atoms with Crippen molar-refractivity contribution in [3.63, 3.8) is 0 Å². The normalized spacial score (nSPS) is 17.3. The second-order valence-corrected chi connectivity index (χ2v) is 9.23. The van der Waals surface area contributed by atoms with Crippen LogP contribution in [-0.2, 0) is 4.79 Å². The van der Waals surface area contributed by atoms with Gasteiger partial charge in [-0.05, 0) is 69.4 Å². The molecule has 1 aromatic heterocycles. The largest absolute Gasteiger partial charge is 0.496 e. The first kappa shape index (κ1) is 21.7. The second kappa shape index (κ2) is 8.91. The molecular formula is C26H28BrNO3. The third-order valence-electron chi connectivity index (χ3n) is 6.25. The minimum Gasteiger partial charge on any atom is -0.496 e. The molecule has 3 aromatic rings. The van der Waals surface area contributed by atoms with Gasteiger partial charge in [0.05, 0.1) is 13.4 Å². The zero-order valence-corrected chi connectivity index (χ0v) is 20.1. The van der Waals surface area contributed by atoms with Crippen LogP contribution in [0.25, 0.3) is 27.7 Å². The number of carbonyl (C=O) groups is 1. The van der Waals surface area contributed by atoms with Crippen molar-refractivity contribution < 1.29 is 13.9 Å². The Morgan fingerprint density at radius 2 is 2.00 bits per heavy atom. The number of benzene rings is 2. The molecule has 1 aliphatic heterocycles. The van der Waals surface area contributed by atoms with Crippen LogP contribution in [0.3, 0.4) is 0 Å². The number of amides is 1. The molecule has 31 heavy (non-hydrogen) atoms. The van der Waals surface area contributed by atoms with E-state index < -0.39 is 0 Å². The second-order valence-electron chi connectivity index (χ2n) is 8.32. The van der Waals surface area contributed by atoms with E-state index in [-0.39, 0.29) is 11.9 Å². The predicted molar refractivity (Wildman–Crippen MR) is 129 cm³/mol. The summed E-state index contributed by atoms with van der Waals surface area (Å²) in [5.74, 6) is 0.822. The van der Waals surface area contributed by atoms with Crippen LogP contribution in [0, 0.1) is 6.92 Å². The number of carbonyl (C=O) groups excluding carboxylic acids is 1. The summed E-state index contributed by atoms with van der Waals surface area (Å²) < 4.78 is 12.7. The Morgan fingerprint density at radius 3 is 2.68 bits per heavy atom. The van der Waals surface area contributed by atoms with Crippen molar-refractivity contribution in [2.24, 2.45) is 0 Å². The molecular weight excluding hydrogens is 454 g/mol. The molecule has 1 fully saturated rings. The molecule has 1 atom stereocenters. The summed E-state index contributed by atoms with van der Waals surface area (Å²) in [6.07, 6.45) is 6.88. The van der Waals surface area contributed by atoms with Crippen molar-refractivity contribution in [3.8, 4) is 16.9 Å². The maximum absolute atomic E-state index is 13.0. The van der Waals surface area contributed by atoms with Crippen LogP contribution < -0.4 is 4.74 Å². The number of rotatable bonds is 4. The van der Waals surface area contributed by atoms with Crippen LogP contribution in [0.1, 0.15) is 44.2 Å². The van der Waals surface area contributed by atoms with E-state index in [1.165, 1.54) is 6.42 Å². The lowest BCUT2D eigenvalue weighted by Crippen LogP contribution is -2.41. The summed E-state index contributed by atoms with van der Waals surface area (Å²) in [5.41, 5.74) is 5.67. The summed E-state index contributed by atoms with van der Waals surface area (Å²) in [7, 11) is 1.66. The lowest BCUT2D eigenvalue weighted by atomic mass is 9.96. The third-order valence-corrected chi connectivity index (χ3v) is 6.78. The first-order valence-electron chi connectivity index (χ1n) is 10.7. The van der Waals surface area contributed by atoms with Crippen molar-refractivity contribution in [1.29, 1.82) is 0 Å². The molecule has 1 unspecified atom stereocenters. The Kier molecular flexibility index (Phi) is 6.24. The molecule has 5 heteroatoms. The molecule has 0 spiro atoms. The summed E-state index contributed by atoms with van der Waals surface area (Å²) in [6, 6.07) is 10.6.